The van der Waals surface area contributed by atoms with Crippen molar-refractivity contribution in [3.63, 3.8) is 0 Å². The first-order valence-corrected chi connectivity index (χ1v) is 6.71. The third-order valence-electron chi connectivity index (χ3n) is 3.07. The van der Waals surface area contributed by atoms with Gasteiger partial charge in [-0.05, 0) is 35.9 Å². The topological polar surface area (TPSA) is 49.4 Å². The van der Waals surface area contributed by atoms with Crippen LogP contribution in [-0.4, -0.2) is 11.8 Å². The van der Waals surface area contributed by atoms with Crippen LogP contribution in [0.1, 0.15) is 5.56 Å². The molecule has 3 rings (SSSR count). The molecular formula is C16H11ClN2O2. The summed E-state index contributed by atoms with van der Waals surface area (Å²) in [5, 5.41) is 1.79. The molecule has 0 spiro atoms. The normalized spacial score (nSPS) is 16.4. The van der Waals surface area contributed by atoms with Crippen molar-refractivity contribution in [2.24, 2.45) is 0 Å². The summed E-state index contributed by atoms with van der Waals surface area (Å²) in [6.45, 7) is 0. The van der Waals surface area contributed by atoms with Crippen LogP contribution in [0.2, 0.25) is 5.02 Å². The van der Waals surface area contributed by atoms with Crippen LogP contribution in [0.3, 0.4) is 0 Å². The van der Waals surface area contributed by atoms with E-state index in [-0.39, 0.29) is 11.5 Å². The summed E-state index contributed by atoms with van der Waals surface area (Å²) in [6.07, 6.45) is 1.53. The molecule has 1 fully saturated rings. The van der Waals surface area contributed by atoms with E-state index in [0.717, 1.165) is 0 Å². The lowest BCUT2D eigenvalue weighted by Gasteiger charge is -2.13. The minimum atomic E-state index is -0.427. The molecular weight excluding hydrogens is 288 g/mol. The molecule has 0 saturated carbocycles. The molecule has 1 aliphatic rings. The molecule has 0 aliphatic carbocycles. The lowest BCUT2D eigenvalue weighted by molar-refractivity contribution is -0.117. The summed E-state index contributed by atoms with van der Waals surface area (Å²) in [7, 11) is 0. The molecule has 1 heterocycles. The monoisotopic (exact) mass is 298 g/mol. The quantitative estimate of drug-likeness (QED) is 0.684. The van der Waals surface area contributed by atoms with Crippen LogP contribution >= 0.6 is 11.6 Å². The van der Waals surface area contributed by atoms with Crippen molar-refractivity contribution in [3.8, 4) is 0 Å². The van der Waals surface area contributed by atoms with Gasteiger partial charge < -0.3 is 0 Å². The summed E-state index contributed by atoms with van der Waals surface area (Å²) in [5.74, 6) is -0.810. The first-order chi connectivity index (χ1) is 10.1. The molecule has 0 atom stereocenters. The van der Waals surface area contributed by atoms with Gasteiger partial charge in [-0.25, -0.2) is 5.01 Å². The molecule has 5 heteroatoms. The number of halogens is 1. The van der Waals surface area contributed by atoms with E-state index >= 15 is 0 Å². The zero-order valence-corrected chi connectivity index (χ0v) is 11.7. The Morgan fingerprint density at radius 3 is 2.48 bits per heavy atom. The maximum atomic E-state index is 12.3. The Morgan fingerprint density at radius 2 is 1.76 bits per heavy atom. The van der Waals surface area contributed by atoms with Crippen molar-refractivity contribution in [2.45, 2.75) is 0 Å². The van der Waals surface area contributed by atoms with Gasteiger partial charge in [0.05, 0.1) is 5.69 Å². The Kier molecular flexibility index (Phi) is 3.46. The van der Waals surface area contributed by atoms with Crippen LogP contribution in [-0.2, 0) is 9.59 Å². The highest BCUT2D eigenvalue weighted by molar-refractivity contribution is 6.32. The fraction of sp³-hybridized carbons (Fsp3) is 0. The lowest BCUT2D eigenvalue weighted by atomic mass is 10.1. The Balaban J connectivity index is 1.94. The largest absolute Gasteiger partial charge is 0.282 e. The number of rotatable bonds is 2. The van der Waals surface area contributed by atoms with E-state index in [1.165, 1.54) is 11.1 Å². The van der Waals surface area contributed by atoms with Crippen molar-refractivity contribution < 1.29 is 9.59 Å². The van der Waals surface area contributed by atoms with Crippen molar-refractivity contribution in [1.29, 1.82) is 0 Å². The standard InChI is InChI=1S/C16H11ClN2O2/c17-12-6-4-5-11(9-12)10-14-15(20)18-19(16(14)21)13-7-2-1-3-8-13/h1-10H,(H,18,20). The van der Waals surface area contributed by atoms with Crippen molar-refractivity contribution >= 4 is 35.2 Å². The zero-order chi connectivity index (χ0) is 14.8. The van der Waals surface area contributed by atoms with Gasteiger partial charge >= 0.3 is 0 Å². The van der Waals surface area contributed by atoms with Gasteiger partial charge in [-0.1, -0.05) is 41.9 Å². The second-order valence-corrected chi connectivity index (χ2v) is 4.97. The van der Waals surface area contributed by atoms with Gasteiger partial charge in [0.15, 0.2) is 0 Å². The summed E-state index contributed by atoms with van der Waals surface area (Å²) in [6, 6.07) is 15.9. The third-order valence-corrected chi connectivity index (χ3v) is 3.30. The fourth-order valence-corrected chi connectivity index (χ4v) is 2.28. The van der Waals surface area contributed by atoms with E-state index in [1.807, 2.05) is 6.07 Å². The SMILES string of the molecule is O=C1NN(c2ccccc2)C(=O)C1=Cc1cccc(Cl)c1. The fourth-order valence-electron chi connectivity index (χ4n) is 2.08. The molecule has 0 aromatic heterocycles. The Labute approximate surface area is 126 Å². The van der Waals surface area contributed by atoms with E-state index in [2.05, 4.69) is 5.43 Å². The molecule has 0 radical (unpaired) electrons. The predicted octanol–water partition coefficient (Wildman–Crippen LogP) is 2.80. The Hall–Kier alpha value is -2.59. The molecule has 0 bridgehead atoms. The Bertz CT molecular complexity index is 741. The molecule has 2 amide bonds. The molecule has 1 saturated heterocycles. The summed E-state index contributed by atoms with van der Waals surface area (Å²) < 4.78 is 0. The number of carbonyl (C=O) groups excluding carboxylic acids is 2. The van der Waals surface area contributed by atoms with Crippen LogP contribution in [0.4, 0.5) is 5.69 Å². The Morgan fingerprint density at radius 1 is 1.00 bits per heavy atom. The summed E-state index contributed by atoms with van der Waals surface area (Å²) in [5.41, 5.74) is 3.95. The molecule has 1 aliphatic heterocycles. The number of para-hydroxylation sites is 1. The van der Waals surface area contributed by atoms with Gasteiger partial charge in [0.25, 0.3) is 11.8 Å². The third kappa shape index (κ3) is 2.66. The van der Waals surface area contributed by atoms with Gasteiger partial charge in [0, 0.05) is 5.02 Å². The summed E-state index contributed by atoms with van der Waals surface area (Å²) in [4.78, 5) is 24.3. The first-order valence-electron chi connectivity index (χ1n) is 6.33. The van der Waals surface area contributed by atoms with Crippen molar-refractivity contribution in [3.05, 3.63) is 70.8 Å². The molecule has 4 nitrogen and oxygen atoms in total. The van der Waals surface area contributed by atoms with Gasteiger partial charge in [-0.15, -0.1) is 0 Å². The van der Waals surface area contributed by atoms with Crippen LogP contribution in [0.25, 0.3) is 6.08 Å². The van der Waals surface area contributed by atoms with E-state index < -0.39 is 5.91 Å². The van der Waals surface area contributed by atoms with E-state index in [4.69, 9.17) is 11.6 Å². The maximum absolute atomic E-state index is 12.3. The van der Waals surface area contributed by atoms with E-state index in [1.54, 1.807) is 48.5 Å². The average Bonchev–Trinajstić information content (AvgIpc) is 2.76. The smallest absolute Gasteiger partial charge is 0.267 e. The molecule has 21 heavy (non-hydrogen) atoms. The number of anilines is 1. The lowest BCUT2D eigenvalue weighted by Crippen LogP contribution is -2.35. The number of benzene rings is 2. The highest BCUT2D eigenvalue weighted by atomic mass is 35.5. The van der Waals surface area contributed by atoms with E-state index in [0.29, 0.717) is 16.3 Å². The minimum Gasteiger partial charge on any atom is -0.267 e. The number of hydrogen-bond acceptors (Lipinski definition) is 2. The zero-order valence-electron chi connectivity index (χ0n) is 10.9. The molecule has 2 aromatic rings. The highest BCUT2D eigenvalue weighted by Crippen LogP contribution is 2.21. The second-order valence-electron chi connectivity index (χ2n) is 4.53. The molecule has 0 unspecified atom stereocenters. The molecule has 1 N–H and O–H groups in total. The van der Waals surface area contributed by atoms with Crippen LogP contribution < -0.4 is 10.4 Å². The number of carbonyl (C=O) groups is 2. The van der Waals surface area contributed by atoms with Crippen LogP contribution in [0.5, 0.6) is 0 Å². The number of amides is 2. The number of nitrogens with one attached hydrogen (secondary N) is 1. The highest BCUT2D eigenvalue weighted by Gasteiger charge is 2.34. The van der Waals surface area contributed by atoms with Gasteiger partial charge in [0.1, 0.15) is 5.57 Å². The molecule has 104 valence electrons. The predicted molar refractivity (Wildman–Crippen MR) is 81.5 cm³/mol. The maximum Gasteiger partial charge on any atom is 0.282 e. The average molecular weight is 299 g/mol. The van der Waals surface area contributed by atoms with Crippen LogP contribution in [0, 0.1) is 0 Å². The van der Waals surface area contributed by atoms with Gasteiger partial charge in [-0.3, -0.25) is 15.0 Å². The number of hydrogen-bond donors (Lipinski definition) is 1. The summed E-state index contributed by atoms with van der Waals surface area (Å²) >= 11 is 5.90. The number of hydrazine groups is 1. The van der Waals surface area contributed by atoms with Crippen molar-refractivity contribution in [2.75, 3.05) is 5.01 Å². The van der Waals surface area contributed by atoms with Gasteiger partial charge in [0.2, 0.25) is 0 Å². The first kappa shape index (κ1) is 13.4. The van der Waals surface area contributed by atoms with Crippen molar-refractivity contribution in [1.82, 2.24) is 5.43 Å². The number of nitrogens with zero attached hydrogens (tertiary/aromatic N) is 1. The van der Waals surface area contributed by atoms with Gasteiger partial charge in [-0.2, -0.15) is 0 Å². The van der Waals surface area contributed by atoms with Crippen LogP contribution in [0.15, 0.2) is 60.2 Å². The van der Waals surface area contributed by atoms with E-state index in [9.17, 15) is 9.59 Å². The minimum absolute atomic E-state index is 0.0844. The molecule has 2 aromatic carbocycles. The second kappa shape index (κ2) is 5.42.